The molecule has 5 amide bonds. The van der Waals surface area contributed by atoms with Crippen molar-refractivity contribution in [3.8, 4) is 11.3 Å². The van der Waals surface area contributed by atoms with Gasteiger partial charge in [-0.2, -0.15) is 0 Å². The largest absolute Gasteiger partial charge is 0.453 e. The summed E-state index contributed by atoms with van der Waals surface area (Å²) in [4.78, 5) is 81.0. The predicted octanol–water partition coefficient (Wildman–Crippen LogP) is 7.17. The molecule has 4 N–H and O–H groups in total. The number of aromatic amines is 1. The van der Waals surface area contributed by atoms with Crippen molar-refractivity contribution in [2.45, 2.75) is 97.0 Å². The average Bonchev–Trinajstić information content (AvgIpc) is 4.09. The van der Waals surface area contributed by atoms with Crippen molar-refractivity contribution in [3.05, 3.63) is 107 Å². The van der Waals surface area contributed by atoms with Gasteiger partial charge in [-0.15, -0.1) is 0 Å². The monoisotopic (exact) mass is 864 g/mol. The van der Waals surface area contributed by atoms with Gasteiger partial charge in [-0.1, -0.05) is 93.2 Å². The molecule has 5 atom stereocenters. The molecule has 62 heavy (non-hydrogen) atoms. The number of ether oxygens (including phenoxy) is 2. The fourth-order valence-electron chi connectivity index (χ4n) is 8.25. The summed E-state index contributed by atoms with van der Waals surface area (Å²) in [6.45, 7) is 10.3. The molecule has 0 spiro atoms. The van der Waals surface area contributed by atoms with E-state index in [4.69, 9.17) is 9.47 Å². The first kappa shape index (κ1) is 44.0. The Morgan fingerprint density at radius 3 is 2.27 bits per heavy atom. The third-order valence-corrected chi connectivity index (χ3v) is 12.7. The lowest BCUT2D eigenvalue weighted by molar-refractivity contribution is -0.139. The Hall–Kier alpha value is -6.03. The van der Waals surface area contributed by atoms with Gasteiger partial charge in [0, 0.05) is 42.0 Å². The Balaban J connectivity index is 1.02. The number of thioether (sulfide) groups is 1. The standard InChI is InChI=1S/C46H56N8O7S/c1-27(2)39(50-45(58)60-6)43(56)53-22-10-14-35(53)41-47-24-33(48-41)30-17-19-31(20-18-30)37-26-52-25-34(29(5)16-21-38(52)62-37)49-42(55)36-15-11-23-54(36)44(57)40(32-12-8-7-9-13-32)51-46(59)61-28(3)4/h7-9,12-13,17-21,24-29,35-36,39-40H,10-11,14-16,22-23H2,1-6H3,(H,47,48)(H,49,55)(H,50,58)(H,51,59). The first-order valence-corrected chi connectivity index (χ1v) is 22.2. The Labute approximate surface area is 366 Å². The predicted molar refractivity (Wildman–Crippen MR) is 236 cm³/mol. The van der Waals surface area contributed by atoms with Crippen LogP contribution in [0.5, 0.6) is 0 Å². The highest BCUT2D eigenvalue weighted by Gasteiger charge is 2.40. The Morgan fingerprint density at radius 1 is 0.855 bits per heavy atom. The molecule has 15 nitrogen and oxygen atoms in total. The van der Waals surface area contributed by atoms with E-state index >= 15 is 0 Å². The minimum Gasteiger partial charge on any atom is -0.453 e. The number of fused-ring (bicyclic) bond motifs is 1. The number of carbonyl (C=O) groups excluding carboxylic acids is 5. The first-order chi connectivity index (χ1) is 29.8. The highest BCUT2D eigenvalue weighted by atomic mass is 32.2. The van der Waals surface area contributed by atoms with Crippen LogP contribution in [0.2, 0.25) is 0 Å². The summed E-state index contributed by atoms with van der Waals surface area (Å²) in [5.74, 6) is -0.166. The van der Waals surface area contributed by atoms with Gasteiger partial charge < -0.3 is 45.1 Å². The van der Waals surface area contributed by atoms with Gasteiger partial charge >= 0.3 is 12.2 Å². The Bertz CT molecular complexity index is 2240. The van der Waals surface area contributed by atoms with Crippen molar-refractivity contribution in [2.24, 2.45) is 11.8 Å². The van der Waals surface area contributed by atoms with E-state index in [-0.39, 0.29) is 41.7 Å². The molecule has 328 valence electrons. The highest BCUT2D eigenvalue weighted by molar-refractivity contribution is 8.12. The van der Waals surface area contributed by atoms with E-state index in [1.807, 2.05) is 43.1 Å². The molecule has 0 aliphatic carbocycles. The van der Waals surface area contributed by atoms with Crippen LogP contribution in [0.1, 0.15) is 95.8 Å². The third-order valence-electron chi connectivity index (χ3n) is 11.6. The number of carbonyl (C=O) groups is 5. The quantitative estimate of drug-likeness (QED) is 0.146. The number of imidazole rings is 1. The topological polar surface area (TPSA) is 178 Å². The number of nitrogens with one attached hydrogen (secondary N) is 4. The van der Waals surface area contributed by atoms with E-state index in [2.05, 4.69) is 57.3 Å². The number of benzene rings is 2. The maximum Gasteiger partial charge on any atom is 0.408 e. The molecule has 4 aliphatic heterocycles. The summed E-state index contributed by atoms with van der Waals surface area (Å²) in [6, 6.07) is 14.6. The molecule has 2 fully saturated rings. The molecule has 16 heteroatoms. The lowest BCUT2D eigenvalue weighted by atomic mass is 10.0. The number of allylic oxidation sites excluding steroid dienone is 2. The van der Waals surface area contributed by atoms with Crippen LogP contribution in [0.25, 0.3) is 16.2 Å². The lowest BCUT2D eigenvalue weighted by Crippen LogP contribution is -2.51. The van der Waals surface area contributed by atoms with Gasteiger partial charge in [0.15, 0.2) is 0 Å². The molecule has 5 unspecified atom stereocenters. The minimum absolute atomic E-state index is 0.0192. The fourth-order valence-corrected chi connectivity index (χ4v) is 9.29. The third kappa shape index (κ3) is 9.85. The normalized spacial score (nSPS) is 20.7. The van der Waals surface area contributed by atoms with Crippen LogP contribution in [0.15, 0.2) is 90.0 Å². The number of alkyl carbamates (subject to hydrolysis) is 2. The number of hydrogen-bond donors (Lipinski definition) is 4. The van der Waals surface area contributed by atoms with Crippen LogP contribution >= 0.6 is 11.8 Å². The van der Waals surface area contributed by atoms with Crippen LogP contribution in [0.3, 0.4) is 0 Å². The molecule has 0 radical (unpaired) electrons. The van der Waals surface area contributed by atoms with Gasteiger partial charge in [0.05, 0.1) is 36.2 Å². The lowest BCUT2D eigenvalue weighted by Gasteiger charge is -2.30. The second kappa shape index (κ2) is 19.3. The van der Waals surface area contributed by atoms with Crippen LogP contribution in [-0.2, 0) is 23.9 Å². The molecule has 0 saturated carbocycles. The number of H-pyrrole nitrogens is 1. The maximum atomic E-state index is 14.1. The number of methoxy groups -OCH3 is 1. The van der Waals surface area contributed by atoms with Crippen molar-refractivity contribution in [2.75, 3.05) is 20.2 Å². The molecule has 7 rings (SSSR count). The van der Waals surface area contributed by atoms with Crippen LogP contribution in [0, 0.1) is 11.8 Å². The summed E-state index contributed by atoms with van der Waals surface area (Å²) in [6.07, 6.45) is 9.78. The number of rotatable bonds is 12. The van der Waals surface area contributed by atoms with Gasteiger partial charge in [-0.25, -0.2) is 14.6 Å². The summed E-state index contributed by atoms with van der Waals surface area (Å²) >= 11 is 1.66. The van der Waals surface area contributed by atoms with Crippen molar-refractivity contribution in [1.82, 2.24) is 40.6 Å². The van der Waals surface area contributed by atoms with Crippen molar-refractivity contribution < 1.29 is 33.4 Å². The zero-order valence-corrected chi connectivity index (χ0v) is 36.9. The van der Waals surface area contributed by atoms with Crippen LogP contribution in [0.4, 0.5) is 9.59 Å². The van der Waals surface area contributed by atoms with Crippen molar-refractivity contribution in [1.29, 1.82) is 0 Å². The Morgan fingerprint density at radius 2 is 1.56 bits per heavy atom. The van der Waals surface area contributed by atoms with Crippen molar-refractivity contribution >= 4 is 46.6 Å². The van der Waals surface area contributed by atoms with E-state index < -0.39 is 30.3 Å². The van der Waals surface area contributed by atoms with E-state index in [1.54, 1.807) is 65.9 Å². The highest BCUT2D eigenvalue weighted by Crippen LogP contribution is 2.45. The summed E-state index contributed by atoms with van der Waals surface area (Å²) in [5.41, 5.74) is 4.18. The second-order valence-electron chi connectivity index (χ2n) is 16.7. The molecule has 0 bridgehead atoms. The van der Waals surface area contributed by atoms with Gasteiger partial charge in [0.1, 0.15) is 23.9 Å². The maximum absolute atomic E-state index is 14.1. The average molecular weight is 865 g/mol. The van der Waals surface area contributed by atoms with E-state index in [0.29, 0.717) is 43.7 Å². The molecular weight excluding hydrogens is 809 g/mol. The second-order valence-corrected chi connectivity index (χ2v) is 17.8. The zero-order chi connectivity index (χ0) is 44.1. The first-order valence-electron chi connectivity index (χ1n) is 21.3. The smallest absolute Gasteiger partial charge is 0.408 e. The minimum atomic E-state index is -1.00. The SMILES string of the molecule is COC(=O)NC(C(=O)N1CCCC1c1ncc(-c2ccc(C3=CN4C=C(NC(=O)C5CCCN5C(=O)C(NC(=O)OC(C)C)c5ccccc5)C(C)CC=C4S3)cc2)[nH]1)C(C)C. The molecule has 5 heterocycles. The van der Waals surface area contributed by atoms with E-state index in [1.165, 1.54) is 7.11 Å². The van der Waals surface area contributed by atoms with Gasteiger partial charge in [-0.3, -0.25) is 14.4 Å². The van der Waals surface area contributed by atoms with Gasteiger partial charge in [0.25, 0.3) is 5.91 Å². The van der Waals surface area contributed by atoms with Crippen LogP contribution < -0.4 is 16.0 Å². The molecule has 4 aliphatic rings. The van der Waals surface area contributed by atoms with Crippen molar-refractivity contribution in [3.63, 3.8) is 0 Å². The molecule has 1 aromatic heterocycles. The van der Waals surface area contributed by atoms with Gasteiger partial charge in [-0.05, 0) is 68.6 Å². The molecule has 2 saturated heterocycles. The number of hydrogen-bond acceptors (Lipinski definition) is 10. The summed E-state index contributed by atoms with van der Waals surface area (Å²) in [5, 5.41) is 9.64. The molecular formula is C46H56N8O7S. The van der Waals surface area contributed by atoms with Gasteiger partial charge in [0.2, 0.25) is 11.8 Å². The molecule has 2 aromatic carbocycles. The zero-order valence-electron chi connectivity index (χ0n) is 36.1. The Kier molecular flexibility index (Phi) is 13.7. The number of amides is 5. The number of aromatic nitrogens is 2. The molecule has 3 aromatic rings. The fraction of sp³-hybridized carbons (Fsp3) is 0.435. The summed E-state index contributed by atoms with van der Waals surface area (Å²) < 4.78 is 10.1. The number of nitrogens with zero attached hydrogens (tertiary/aromatic N) is 4. The van der Waals surface area contributed by atoms with Crippen LogP contribution in [-0.4, -0.2) is 93.0 Å². The summed E-state index contributed by atoms with van der Waals surface area (Å²) in [7, 11) is 1.28. The number of likely N-dealkylation sites (tertiary alicyclic amines) is 2. The van der Waals surface area contributed by atoms with E-state index in [0.717, 1.165) is 45.3 Å². The van der Waals surface area contributed by atoms with E-state index in [9.17, 15) is 24.0 Å².